The van der Waals surface area contributed by atoms with Crippen LogP contribution in [-0.4, -0.2) is 0 Å². The molecular weight excluding hydrogens is 264 g/mol. The number of hydrogen-bond acceptors (Lipinski definition) is 0. The van der Waals surface area contributed by atoms with Gasteiger partial charge in [0.2, 0.25) is 0 Å². The van der Waals surface area contributed by atoms with E-state index < -0.39 is 0 Å². The van der Waals surface area contributed by atoms with E-state index in [1.54, 1.807) is 11.1 Å². The molecule has 0 saturated heterocycles. The molecule has 0 aromatic heterocycles. The van der Waals surface area contributed by atoms with Crippen LogP contribution in [-0.2, 0) is 0 Å². The largest absolute Gasteiger partial charge is 0.0798 e. The quantitative estimate of drug-likeness (QED) is 0.740. The van der Waals surface area contributed by atoms with Crippen molar-refractivity contribution in [1.29, 1.82) is 0 Å². The maximum atomic E-state index is 2.41. The Balaban J connectivity index is 2.13. The molecule has 0 radical (unpaired) electrons. The van der Waals surface area contributed by atoms with Gasteiger partial charge in [-0.05, 0) is 84.4 Å². The number of hydrogen-bond donors (Lipinski definition) is 0. The molecule has 1 aromatic carbocycles. The van der Waals surface area contributed by atoms with Crippen LogP contribution in [0.15, 0.2) is 47.1 Å². The second-order valence-electron chi connectivity index (χ2n) is 6.67. The Morgan fingerprint density at radius 1 is 1.18 bits per heavy atom. The summed E-state index contributed by atoms with van der Waals surface area (Å²) in [5.41, 5.74) is 8.83. The molecule has 0 amide bonds. The van der Waals surface area contributed by atoms with E-state index in [2.05, 4.69) is 64.1 Å². The summed E-state index contributed by atoms with van der Waals surface area (Å²) in [5.74, 6) is 0. The molecule has 0 atom stereocenters. The van der Waals surface area contributed by atoms with Crippen molar-refractivity contribution in [3.8, 4) is 0 Å². The van der Waals surface area contributed by atoms with Crippen molar-refractivity contribution in [2.24, 2.45) is 0 Å². The van der Waals surface area contributed by atoms with Crippen molar-refractivity contribution in [1.82, 2.24) is 0 Å². The Kier molecular flexibility index (Phi) is 4.20. The lowest BCUT2D eigenvalue weighted by Crippen LogP contribution is -2.28. The number of fused-ring (bicyclic) bond motifs is 1. The second kappa shape index (κ2) is 6.12. The molecule has 0 aliphatic heterocycles. The molecular formula is C22H26. The van der Waals surface area contributed by atoms with Crippen molar-refractivity contribution >= 4 is 17.2 Å². The predicted molar refractivity (Wildman–Crippen MR) is 97.8 cm³/mol. The van der Waals surface area contributed by atoms with E-state index >= 15 is 0 Å². The van der Waals surface area contributed by atoms with Crippen LogP contribution in [0.5, 0.6) is 0 Å². The van der Waals surface area contributed by atoms with Gasteiger partial charge in [-0.25, -0.2) is 0 Å². The summed E-state index contributed by atoms with van der Waals surface area (Å²) in [6, 6.07) is 6.70. The summed E-state index contributed by atoms with van der Waals surface area (Å²) in [6.07, 6.45) is 12.0. The average molecular weight is 290 g/mol. The SMILES string of the molecule is CCCCC1=C(C2=Cc3cccc(=C(C)C)c3=C2C)CC=C1. The lowest BCUT2D eigenvalue weighted by Gasteiger charge is -2.10. The monoisotopic (exact) mass is 290 g/mol. The molecule has 0 saturated carbocycles. The third kappa shape index (κ3) is 2.52. The van der Waals surface area contributed by atoms with E-state index in [0.29, 0.717) is 0 Å². The minimum absolute atomic E-state index is 1.10. The van der Waals surface area contributed by atoms with Gasteiger partial charge in [0.15, 0.2) is 0 Å². The first-order valence-corrected chi connectivity index (χ1v) is 8.52. The molecule has 0 N–H and O–H groups in total. The standard InChI is InChI=1S/C22H26/c1-5-6-9-17-10-7-13-20(17)21-14-18-11-8-12-19(15(2)3)22(18)16(21)4/h7-8,10-12,14H,5-6,9,13H2,1-4H3. The maximum Gasteiger partial charge on any atom is -0.00765 e. The average Bonchev–Trinajstić information content (AvgIpc) is 3.09. The van der Waals surface area contributed by atoms with Crippen LogP contribution in [0, 0.1) is 0 Å². The Hall–Kier alpha value is -1.82. The van der Waals surface area contributed by atoms with E-state index in [4.69, 9.17) is 0 Å². The molecule has 1 aromatic rings. The fourth-order valence-corrected chi connectivity index (χ4v) is 3.67. The van der Waals surface area contributed by atoms with E-state index in [1.165, 1.54) is 52.0 Å². The van der Waals surface area contributed by atoms with Gasteiger partial charge in [-0.1, -0.05) is 49.3 Å². The van der Waals surface area contributed by atoms with Crippen LogP contribution in [0.2, 0.25) is 0 Å². The van der Waals surface area contributed by atoms with Gasteiger partial charge < -0.3 is 0 Å². The summed E-state index contributed by atoms with van der Waals surface area (Å²) >= 11 is 0. The molecule has 0 heterocycles. The van der Waals surface area contributed by atoms with Crippen molar-refractivity contribution in [3.05, 3.63) is 63.1 Å². The Morgan fingerprint density at radius 3 is 2.73 bits per heavy atom. The highest BCUT2D eigenvalue weighted by molar-refractivity contribution is 5.87. The van der Waals surface area contributed by atoms with E-state index in [0.717, 1.165) is 6.42 Å². The molecule has 0 unspecified atom stereocenters. The van der Waals surface area contributed by atoms with Gasteiger partial charge >= 0.3 is 0 Å². The topological polar surface area (TPSA) is 0 Å². The third-order valence-electron chi connectivity index (χ3n) is 4.87. The number of rotatable bonds is 4. The molecule has 114 valence electrons. The lowest BCUT2D eigenvalue weighted by atomic mass is 9.94. The molecule has 0 spiro atoms. The van der Waals surface area contributed by atoms with Gasteiger partial charge in [0.1, 0.15) is 0 Å². The van der Waals surface area contributed by atoms with Crippen molar-refractivity contribution in [2.75, 3.05) is 0 Å². The van der Waals surface area contributed by atoms with E-state index in [1.807, 2.05) is 0 Å². The highest BCUT2D eigenvalue weighted by atomic mass is 14.2. The first kappa shape index (κ1) is 15.1. The fraction of sp³-hybridized carbons (Fsp3) is 0.364. The van der Waals surface area contributed by atoms with Crippen LogP contribution < -0.4 is 10.4 Å². The summed E-state index contributed by atoms with van der Waals surface area (Å²) in [7, 11) is 0. The van der Waals surface area contributed by atoms with Crippen LogP contribution in [0.4, 0.5) is 0 Å². The van der Waals surface area contributed by atoms with Crippen molar-refractivity contribution in [3.63, 3.8) is 0 Å². The van der Waals surface area contributed by atoms with Crippen molar-refractivity contribution in [2.45, 2.75) is 53.4 Å². The summed E-state index contributed by atoms with van der Waals surface area (Å²) in [5, 5.41) is 2.86. The number of benzene rings is 1. The Morgan fingerprint density at radius 2 is 2.00 bits per heavy atom. The first-order valence-electron chi connectivity index (χ1n) is 8.52. The van der Waals surface area contributed by atoms with Gasteiger partial charge in [0.25, 0.3) is 0 Å². The molecule has 0 nitrogen and oxygen atoms in total. The summed E-state index contributed by atoms with van der Waals surface area (Å²) in [6.45, 7) is 8.99. The van der Waals surface area contributed by atoms with Crippen LogP contribution in [0.3, 0.4) is 0 Å². The zero-order valence-electron chi connectivity index (χ0n) is 14.3. The molecule has 2 aliphatic rings. The molecule has 2 aliphatic carbocycles. The smallest absolute Gasteiger partial charge is 0.00765 e. The number of allylic oxidation sites excluding steroid dienone is 5. The maximum absolute atomic E-state index is 2.41. The highest BCUT2D eigenvalue weighted by Gasteiger charge is 2.19. The summed E-state index contributed by atoms with van der Waals surface area (Å²) < 4.78 is 0. The Labute approximate surface area is 134 Å². The molecule has 0 bridgehead atoms. The predicted octanol–water partition coefficient (Wildman–Crippen LogP) is 4.89. The molecule has 22 heavy (non-hydrogen) atoms. The fourth-order valence-electron chi connectivity index (χ4n) is 3.67. The molecule has 0 fully saturated rings. The molecule has 0 heteroatoms. The zero-order valence-corrected chi connectivity index (χ0v) is 14.3. The van der Waals surface area contributed by atoms with Crippen LogP contribution in [0.25, 0.3) is 17.2 Å². The van der Waals surface area contributed by atoms with Crippen LogP contribution in [0.1, 0.15) is 58.9 Å². The van der Waals surface area contributed by atoms with E-state index in [-0.39, 0.29) is 0 Å². The van der Waals surface area contributed by atoms with Gasteiger partial charge in [0, 0.05) is 0 Å². The highest BCUT2D eigenvalue weighted by Crippen LogP contribution is 2.35. The minimum Gasteiger partial charge on any atom is -0.0798 e. The number of unbranched alkanes of at least 4 members (excludes halogenated alkanes) is 1. The van der Waals surface area contributed by atoms with E-state index in [9.17, 15) is 0 Å². The van der Waals surface area contributed by atoms with Gasteiger partial charge in [-0.15, -0.1) is 0 Å². The Bertz CT molecular complexity index is 806. The molecule has 3 rings (SSSR count). The normalized spacial score (nSPS) is 16.4. The van der Waals surface area contributed by atoms with Gasteiger partial charge in [-0.3, -0.25) is 0 Å². The van der Waals surface area contributed by atoms with Crippen molar-refractivity contribution < 1.29 is 0 Å². The first-order chi connectivity index (χ1) is 10.6. The van der Waals surface area contributed by atoms with Gasteiger partial charge in [0.05, 0.1) is 0 Å². The van der Waals surface area contributed by atoms with Crippen LogP contribution >= 0.6 is 0 Å². The lowest BCUT2D eigenvalue weighted by molar-refractivity contribution is 0.795. The summed E-state index contributed by atoms with van der Waals surface area (Å²) in [4.78, 5) is 0. The third-order valence-corrected chi connectivity index (χ3v) is 4.87. The van der Waals surface area contributed by atoms with Gasteiger partial charge in [-0.2, -0.15) is 0 Å². The minimum atomic E-state index is 1.10. The zero-order chi connectivity index (χ0) is 15.7. The second-order valence-corrected chi connectivity index (χ2v) is 6.67.